The number of amides is 1. The Bertz CT molecular complexity index is 458. The first kappa shape index (κ1) is 17.9. The van der Waals surface area contributed by atoms with E-state index in [0.29, 0.717) is 11.7 Å². The van der Waals surface area contributed by atoms with Crippen molar-refractivity contribution in [2.75, 3.05) is 19.0 Å². The number of aryl methyl sites for hydroxylation is 1. The van der Waals surface area contributed by atoms with Gasteiger partial charge in [-0.05, 0) is 12.8 Å². The normalized spacial score (nSPS) is 17.1. The molecule has 1 heterocycles. The highest BCUT2D eigenvalue weighted by Crippen LogP contribution is 2.32. The molecule has 1 fully saturated rings. The molecule has 3 N–H and O–H groups in total. The molecule has 1 saturated carbocycles. The van der Waals surface area contributed by atoms with Crippen LogP contribution in [0.3, 0.4) is 0 Å². The molecule has 1 aliphatic carbocycles. The van der Waals surface area contributed by atoms with Gasteiger partial charge in [0.2, 0.25) is 5.91 Å². The van der Waals surface area contributed by atoms with E-state index >= 15 is 0 Å². The van der Waals surface area contributed by atoms with Gasteiger partial charge >= 0.3 is 0 Å². The quantitative estimate of drug-likeness (QED) is 0.868. The fourth-order valence-corrected chi connectivity index (χ4v) is 2.68. The number of aromatic nitrogens is 2. The number of rotatable bonds is 5. The number of anilines is 1. The summed E-state index contributed by atoms with van der Waals surface area (Å²) >= 11 is 0. The third kappa shape index (κ3) is 4.69. The number of nitrogens with one attached hydrogen (secondary N) is 1. The second-order valence-corrected chi connectivity index (χ2v) is 5.46. The molecular formula is C14H25ClN4O2. The lowest BCUT2D eigenvalue weighted by atomic mass is 9.87. The minimum atomic E-state index is -0.659. The van der Waals surface area contributed by atoms with Crippen LogP contribution in [0.5, 0.6) is 0 Å². The van der Waals surface area contributed by atoms with Crippen LogP contribution in [0.15, 0.2) is 6.07 Å². The molecule has 0 aromatic carbocycles. The number of nitrogens with two attached hydrogens (primary N) is 1. The predicted molar refractivity (Wildman–Crippen MR) is 84.8 cm³/mol. The first-order valence-corrected chi connectivity index (χ1v) is 7.21. The number of methoxy groups -OCH3 is 1. The van der Waals surface area contributed by atoms with E-state index < -0.39 is 6.04 Å². The van der Waals surface area contributed by atoms with Gasteiger partial charge in [0.25, 0.3) is 0 Å². The van der Waals surface area contributed by atoms with Gasteiger partial charge in [-0.15, -0.1) is 12.4 Å². The average molecular weight is 317 g/mol. The Kier molecular flexibility index (Phi) is 7.14. The zero-order valence-corrected chi connectivity index (χ0v) is 13.5. The van der Waals surface area contributed by atoms with Crippen LogP contribution in [0.1, 0.15) is 43.7 Å². The largest absolute Gasteiger partial charge is 0.383 e. The first-order valence-electron chi connectivity index (χ1n) is 7.21. The molecule has 6 nitrogen and oxygen atoms in total. The molecule has 1 amide bonds. The molecule has 0 aliphatic heterocycles. The standard InChI is InChI=1S/C14H24N4O2.ClH/c1-18-13(16-14(19)11(15)9-20-2)8-12(17-18)10-6-4-3-5-7-10;/h8,10-11H,3-7,9,15H2,1-2H3,(H,16,19);1H. The number of carbonyl (C=O) groups excluding carboxylic acids is 1. The highest BCUT2D eigenvalue weighted by molar-refractivity contribution is 5.94. The van der Waals surface area contributed by atoms with Gasteiger partial charge in [0.15, 0.2) is 0 Å². The van der Waals surface area contributed by atoms with Crippen LogP contribution in [0, 0.1) is 0 Å². The van der Waals surface area contributed by atoms with Gasteiger partial charge in [0.1, 0.15) is 11.9 Å². The zero-order chi connectivity index (χ0) is 14.5. The number of hydrogen-bond donors (Lipinski definition) is 2. The summed E-state index contributed by atoms with van der Waals surface area (Å²) in [5.74, 6) is 0.973. The molecule has 1 aliphatic rings. The fraction of sp³-hybridized carbons (Fsp3) is 0.714. The van der Waals surface area contributed by atoms with Crippen LogP contribution in [-0.4, -0.2) is 35.4 Å². The van der Waals surface area contributed by atoms with Gasteiger partial charge in [-0.25, -0.2) is 0 Å². The Morgan fingerprint density at radius 1 is 1.52 bits per heavy atom. The van der Waals surface area contributed by atoms with Crippen molar-refractivity contribution in [1.29, 1.82) is 0 Å². The molecule has 1 atom stereocenters. The van der Waals surface area contributed by atoms with Crippen molar-refractivity contribution in [2.24, 2.45) is 12.8 Å². The van der Waals surface area contributed by atoms with E-state index in [0.717, 1.165) is 5.69 Å². The predicted octanol–water partition coefficient (Wildman–Crippen LogP) is 1.80. The lowest BCUT2D eigenvalue weighted by Gasteiger charge is -2.19. The van der Waals surface area contributed by atoms with Gasteiger partial charge in [0.05, 0.1) is 12.3 Å². The summed E-state index contributed by atoms with van der Waals surface area (Å²) in [5.41, 5.74) is 6.78. The van der Waals surface area contributed by atoms with Crippen LogP contribution >= 0.6 is 12.4 Å². The summed E-state index contributed by atoms with van der Waals surface area (Å²) in [6.07, 6.45) is 6.23. The summed E-state index contributed by atoms with van der Waals surface area (Å²) in [6, 6.07) is 1.31. The lowest BCUT2D eigenvalue weighted by molar-refractivity contribution is -0.118. The number of nitrogens with zero attached hydrogens (tertiary/aromatic N) is 2. The van der Waals surface area contributed by atoms with Crippen molar-refractivity contribution < 1.29 is 9.53 Å². The Morgan fingerprint density at radius 3 is 2.81 bits per heavy atom. The number of ether oxygens (including phenoxy) is 1. The maximum absolute atomic E-state index is 11.9. The average Bonchev–Trinajstić information content (AvgIpc) is 2.81. The third-order valence-electron chi connectivity index (χ3n) is 3.86. The Balaban J connectivity index is 0.00000220. The minimum Gasteiger partial charge on any atom is -0.383 e. The van der Waals surface area contributed by atoms with Crippen molar-refractivity contribution in [3.8, 4) is 0 Å². The van der Waals surface area contributed by atoms with Crippen LogP contribution in [0.25, 0.3) is 0 Å². The topological polar surface area (TPSA) is 82.2 Å². The summed E-state index contributed by atoms with van der Waals surface area (Å²) in [6.45, 7) is 0.208. The van der Waals surface area contributed by atoms with Gasteiger partial charge < -0.3 is 15.8 Å². The highest BCUT2D eigenvalue weighted by atomic mass is 35.5. The number of halogens is 1. The smallest absolute Gasteiger partial charge is 0.244 e. The van der Waals surface area contributed by atoms with Crippen molar-refractivity contribution >= 4 is 24.1 Å². The van der Waals surface area contributed by atoms with E-state index in [1.807, 2.05) is 13.1 Å². The fourth-order valence-electron chi connectivity index (χ4n) is 2.68. The number of carbonyl (C=O) groups is 1. The SMILES string of the molecule is COCC(N)C(=O)Nc1cc(C2CCCCC2)nn1C.Cl. The number of hydrogen-bond acceptors (Lipinski definition) is 4. The van der Waals surface area contributed by atoms with Gasteiger partial charge in [-0.3, -0.25) is 9.48 Å². The maximum atomic E-state index is 11.9. The van der Waals surface area contributed by atoms with E-state index in [2.05, 4.69) is 10.4 Å². The first-order chi connectivity index (χ1) is 9.61. The monoisotopic (exact) mass is 316 g/mol. The van der Waals surface area contributed by atoms with Crippen LogP contribution in [0.4, 0.5) is 5.82 Å². The zero-order valence-electron chi connectivity index (χ0n) is 12.7. The van der Waals surface area contributed by atoms with Crippen LogP contribution in [0.2, 0.25) is 0 Å². The molecular weight excluding hydrogens is 292 g/mol. The molecule has 0 radical (unpaired) electrons. The van der Waals surface area contributed by atoms with Gasteiger partial charge in [0, 0.05) is 26.1 Å². The molecule has 1 aromatic rings. The second-order valence-electron chi connectivity index (χ2n) is 5.46. The molecule has 120 valence electrons. The highest BCUT2D eigenvalue weighted by Gasteiger charge is 2.21. The van der Waals surface area contributed by atoms with E-state index in [4.69, 9.17) is 10.5 Å². The van der Waals surface area contributed by atoms with Crippen molar-refractivity contribution in [3.05, 3.63) is 11.8 Å². The summed E-state index contributed by atoms with van der Waals surface area (Å²) in [4.78, 5) is 11.9. The molecule has 1 aromatic heterocycles. The summed E-state index contributed by atoms with van der Waals surface area (Å²) < 4.78 is 6.59. The summed E-state index contributed by atoms with van der Waals surface area (Å²) in [7, 11) is 3.36. The summed E-state index contributed by atoms with van der Waals surface area (Å²) in [5, 5.41) is 7.33. The van der Waals surface area contributed by atoms with E-state index in [-0.39, 0.29) is 24.9 Å². The molecule has 21 heavy (non-hydrogen) atoms. The van der Waals surface area contributed by atoms with E-state index in [1.165, 1.54) is 39.2 Å². The van der Waals surface area contributed by atoms with Crippen molar-refractivity contribution in [3.63, 3.8) is 0 Å². The molecule has 0 spiro atoms. The van der Waals surface area contributed by atoms with E-state index in [9.17, 15) is 4.79 Å². The Hall–Kier alpha value is -1.11. The Morgan fingerprint density at radius 2 is 2.19 bits per heavy atom. The maximum Gasteiger partial charge on any atom is 0.244 e. The lowest BCUT2D eigenvalue weighted by Crippen LogP contribution is -2.39. The molecule has 1 unspecified atom stereocenters. The molecule has 0 saturated heterocycles. The van der Waals surface area contributed by atoms with Crippen LogP contribution < -0.4 is 11.1 Å². The third-order valence-corrected chi connectivity index (χ3v) is 3.86. The van der Waals surface area contributed by atoms with Crippen molar-refractivity contribution in [1.82, 2.24) is 9.78 Å². The van der Waals surface area contributed by atoms with E-state index in [1.54, 1.807) is 4.68 Å². The molecule has 2 rings (SSSR count). The molecule has 0 bridgehead atoms. The van der Waals surface area contributed by atoms with Gasteiger partial charge in [-0.1, -0.05) is 19.3 Å². The molecule has 7 heteroatoms. The second kappa shape index (κ2) is 8.36. The van der Waals surface area contributed by atoms with Gasteiger partial charge in [-0.2, -0.15) is 5.10 Å². The Labute approximate surface area is 131 Å². The minimum absolute atomic E-state index is 0. The van der Waals surface area contributed by atoms with Crippen LogP contribution in [-0.2, 0) is 16.6 Å². The van der Waals surface area contributed by atoms with Crippen molar-refractivity contribution in [2.45, 2.75) is 44.1 Å².